The molecule has 2 aromatic carbocycles. The number of nitrogens with zero attached hydrogens (tertiary/aromatic N) is 1. The zero-order valence-corrected chi connectivity index (χ0v) is 26.2. The van der Waals surface area contributed by atoms with Crippen LogP contribution in [-0.4, -0.2) is 64.3 Å². The molecule has 0 aromatic heterocycles. The number of thioether (sulfide) groups is 1. The molecule has 1 amide bonds. The minimum absolute atomic E-state index is 0.0146. The van der Waals surface area contributed by atoms with E-state index in [0.29, 0.717) is 29.7 Å². The number of aliphatic hydroxyl groups excluding tert-OH is 1. The second-order valence-corrected chi connectivity index (χ2v) is 13.8. The van der Waals surface area contributed by atoms with Gasteiger partial charge in [0.15, 0.2) is 12.1 Å². The number of carbonyl (C=O) groups is 1. The van der Waals surface area contributed by atoms with Gasteiger partial charge in [0.1, 0.15) is 12.4 Å². The van der Waals surface area contributed by atoms with Crippen LogP contribution in [0.3, 0.4) is 0 Å². The summed E-state index contributed by atoms with van der Waals surface area (Å²) in [5.74, 6) is 1.98. The topological polar surface area (TPSA) is 115 Å². The maximum atomic E-state index is 13.0. The molecule has 2 aromatic rings. The van der Waals surface area contributed by atoms with Crippen LogP contribution in [0.4, 0.5) is 4.79 Å². The average molecular weight is 598 g/mol. The molecule has 0 bridgehead atoms. The smallest absolute Gasteiger partial charge is 0.407 e. The number of ether oxygens (including phenoxy) is 2. The number of aliphatic hydroxyl groups is 1. The molecule has 2 aliphatic rings. The van der Waals surface area contributed by atoms with Crippen molar-refractivity contribution in [3.05, 3.63) is 59.7 Å². The SMILES string of the molecule is Cc1c(O)cccc1COC(=O)N[C@@H](CSc1ccccc1)[C@H](O)CN1CC2CCCCC2C[C@H]1OC(=N)C(C)(C)C. The predicted octanol–water partition coefficient (Wildman–Crippen LogP) is 6.33. The zero-order chi connectivity index (χ0) is 30.3. The lowest BCUT2D eigenvalue weighted by molar-refractivity contribution is -0.0878. The van der Waals surface area contributed by atoms with Gasteiger partial charge in [-0.25, -0.2) is 4.79 Å². The van der Waals surface area contributed by atoms with Crippen LogP contribution in [-0.2, 0) is 16.1 Å². The number of phenolic OH excluding ortho intramolecular Hbond substituents is 1. The number of nitrogens with one attached hydrogen (secondary N) is 2. The van der Waals surface area contributed by atoms with E-state index in [1.807, 2.05) is 57.2 Å². The Balaban J connectivity index is 1.46. The number of carbonyl (C=O) groups excluding carboxylic acids is 1. The number of rotatable bonds is 10. The van der Waals surface area contributed by atoms with E-state index in [1.54, 1.807) is 30.8 Å². The number of fused-ring (bicyclic) bond motifs is 1. The molecule has 5 atom stereocenters. The highest BCUT2D eigenvalue weighted by Crippen LogP contribution is 2.39. The van der Waals surface area contributed by atoms with Gasteiger partial charge in [0, 0.05) is 35.6 Å². The Kier molecular flexibility index (Phi) is 11.2. The molecule has 2 fully saturated rings. The van der Waals surface area contributed by atoms with Gasteiger partial charge in [0.05, 0.1) is 12.1 Å². The monoisotopic (exact) mass is 597 g/mol. The lowest BCUT2D eigenvalue weighted by atomic mass is 9.74. The van der Waals surface area contributed by atoms with Crippen LogP contribution >= 0.6 is 11.8 Å². The van der Waals surface area contributed by atoms with Crippen molar-refractivity contribution in [1.29, 1.82) is 5.41 Å². The molecule has 230 valence electrons. The first-order valence-electron chi connectivity index (χ1n) is 15.1. The van der Waals surface area contributed by atoms with Crippen LogP contribution in [0.1, 0.15) is 64.0 Å². The molecule has 1 aliphatic heterocycles. The van der Waals surface area contributed by atoms with Crippen molar-refractivity contribution in [2.24, 2.45) is 17.3 Å². The standard InChI is InChI=1S/C33H47N3O5S/c1-22-25(13-10-16-28(22)37)20-40-32(39)35-27(21-42-26-14-6-5-7-15-26)29(38)19-36-18-24-12-9-8-11-23(24)17-30(36)41-31(34)33(2,3)4/h5-7,10,13-16,23-24,27,29-30,34,37-38H,8-9,11-12,17-21H2,1-4H3,(H,35,39)/t23?,24?,27-,29+,30+/m0/s1. The first-order valence-corrected chi connectivity index (χ1v) is 16.1. The van der Waals surface area contributed by atoms with Gasteiger partial charge < -0.3 is 25.0 Å². The van der Waals surface area contributed by atoms with Crippen LogP contribution in [0.5, 0.6) is 5.75 Å². The summed E-state index contributed by atoms with van der Waals surface area (Å²) < 4.78 is 11.8. The number of amides is 1. The summed E-state index contributed by atoms with van der Waals surface area (Å²) in [6.07, 6.45) is 3.88. The van der Waals surface area contributed by atoms with Crippen molar-refractivity contribution in [2.45, 2.75) is 89.7 Å². The van der Waals surface area contributed by atoms with Gasteiger partial charge in [-0.1, -0.05) is 63.9 Å². The summed E-state index contributed by atoms with van der Waals surface area (Å²) >= 11 is 1.57. The maximum absolute atomic E-state index is 13.0. The minimum atomic E-state index is -0.883. The van der Waals surface area contributed by atoms with Crippen molar-refractivity contribution in [3.63, 3.8) is 0 Å². The number of β-amino-alcohol motifs (C(OH)–C–C–N with tert-alkyl or cyclic N) is 1. The van der Waals surface area contributed by atoms with E-state index < -0.39 is 23.7 Å². The first-order chi connectivity index (χ1) is 20.0. The molecule has 0 radical (unpaired) electrons. The van der Waals surface area contributed by atoms with Gasteiger partial charge in [-0.2, -0.15) is 0 Å². The second-order valence-electron chi connectivity index (χ2n) is 12.7. The lowest BCUT2D eigenvalue weighted by Crippen LogP contribution is -2.56. The normalized spacial score (nSPS) is 22.5. The quantitative estimate of drug-likeness (QED) is 0.144. The van der Waals surface area contributed by atoms with Crippen molar-refractivity contribution >= 4 is 23.8 Å². The molecule has 1 saturated carbocycles. The fraction of sp³-hybridized carbons (Fsp3) is 0.576. The molecule has 2 unspecified atom stereocenters. The molecule has 42 heavy (non-hydrogen) atoms. The number of alkyl carbamates (subject to hydrolysis) is 1. The molecule has 4 rings (SSSR count). The molecule has 1 heterocycles. The van der Waals surface area contributed by atoms with E-state index in [0.717, 1.165) is 23.4 Å². The van der Waals surface area contributed by atoms with E-state index in [1.165, 1.54) is 25.7 Å². The third-order valence-electron chi connectivity index (χ3n) is 8.52. The van der Waals surface area contributed by atoms with E-state index in [4.69, 9.17) is 14.9 Å². The zero-order valence-electron chi connectivity index (χ0n) is 25.3. The minimum Gasteiger partial charge on any atom is -0.508 e. The van der Waals surface area contributed by atoms with Gasteiger partial charge >= 0.3 is 6.09 Å². The van der Waals surface area contributed by atoms with Gasteiger partial charge in [-0.05, 0) is 60.9 Å². The number of phenols is 1. The summed E-state index contributed by atoms with van der Waals surface area (Å²) in [6.45, 7) is 8.85. The molecule has 8 nitrogen and oxygen atoms in total. The van der Waals surface area contributed by atoms with Crippen molar-refractivity contribution < 1.29 is 24.5 Å². The lowest BCUT2D eigenvalue weighted by Gasteiger charge is -2.47. The summed E-state index contributed by atoms with van der Waals surface area (Å²) in [4.78, 5) is 16.2. The maximum Gasteiger partial charge on any atom is 0.407 e. The Bertz CT molecular complexity index is 1190. The van der Waals surface area contributed by atoms with Crippen LogP contribution in [0, 0.1) is 29.6 Å². The molecule has 0 spiro atoms. The van der Waals surface area contributed by atoms with Gasteiger partial charge in [0.25, 0.3) is 0 Å². The van der Waals surface area contributed by atoms with Crippen molar-refractivity contribution in [3.8, 4) is 5.75 Å². The largest absolute Gasteiger partial charge is 0.508 e. The van der Waals surface area contributed by atoms with Crippen molar-refractivity contribution in [1.82, 2.24) is 10.2 Å². The molecule has 9 heteroatoms. The number of likely N-dealkylation sites (tertiary alicyclic amines) is 1. The Morgan fingerprint density at radius 1 is 1.12 bits per heavy atom. The highest BCUT2D eigenvalue weighted by Gasteiger charge is 2.40. The number of hydrogen-bond donors (Lipinski definition) is 4. The second kappa shape index (κ2) is 14.6. The Morgan fingerprint density at radius 3 is 2.55 bits per heavy atom. The third kappa shape index (κ3) is 8.88. The fourth-order valence-electron chi connectivity index (χ4n) is 5.77. The van der Waals surface area contributed by atoms with E-state index in [9.17, 15) is 15.0 Å². The number of aromatic hydroxyl groups is 1. The third-order valence-corrected chi connectivity index (χ3v) is 9.65. The highest BCUT2D eigenvalue weighted by atomic mass is 32.2. The van der Waals surface area contributed by atoms with Crippen LogP contribution in [0.2, 0.25) is 0 Å². The molecule has 1 saturated heterocycles. The Labute approximate surface area is 254 Å². The van der Waals surface area contributed by atoms with Gasteiger partial charge in [0.2, 0.25) is 0 Å². The molecule has 4 N–H and O–H groups in total. The summed E-state index contributed by atoms with van der Waals surface area (Å²) in [7, 11) is 0. The first kappa shape index (κ1) is 32.2. The summed E-state index contributed by atoms with van der Waals surface area (Å²) in [5, 5.41) is 33.1. The van der Waals surface area contributed by atoms with Crippen molar-refractivity contribution in [2.75, 3.05) is 18.8 Å². The van der Waals surface area contributed by atoms with E-state index in [-0.39, 0.29) is 24.5 Å². The molecular weight excluding hydrogens is 550 g/mol. The van der Waals surface area contributed by atoms with Gasteiger partial charge in [-0.15, -0.1) is 11.8 Å². The Hall–Kier alpha value is -2.75. The fourth-order valence-corrected chi connectivity index (χ4v) is 6.80. The van der Waals surface area contributed by atoms with E-state index in [2.05, 4.69) is 10.2 Å². The summed E-state index contributed by atoms with van der Waals surface area (Å²) in [5.41, 5.74) is 0.985. The number of hydrogen-bond acceptors (Lipinski definition) is 8. The average Bonchev–Trinajstić information content (AvgIpc) is 2.96. The number of piperidine rings is 1. The number of benzene rings is 2. The Morgan fingerprint density at radius 2 is 1.83 bits per heavy atom. The van der Waals surface area contributed by atoms with Gasteiger partial charge in [-0.3, -0.25) is 10.3 Å². The van der Waals surface area contributed by atoms with Crippen LogP contribution in [0.15, 0.2) is 53.4 Å². The molecular formula is C33H47N3O5S. The molecule has 1 aliphatic carbocycles. The predicted molar refractivity (Wildman–Crippen MR) is 167 cm³/mol. The van der Waals surface area contributed by atoms with E-state index >= 15 is 0 Å². The van der Waals surface area contributed by atoms with Crippen LogP contribution in [0.25, 0.3) is 0 Å². The summed E-state index contributed by atoms with van der Waals surface area (Å²) in [6, 6.07) is 14.4. The van der Waals surface area contributed by atoms with Crippen LogP contribution < -0.4 is 5.32 Å². The highest BCUT2D eigenvalue weighted by molar-refractivity contribution is 7.99.